The molecule has 3 rings (SSSR count). The molecule has 0 saturated carbocycles. The summed E-state index contributed by atoms with van der Waals surface area (Å²) < 4.78 is 5.09. The maximum atomic E-state index is 12.2. The molecule has 2 N–H and O–H groups in total. The monoisotopic (exact) mass is 382 g/mol. The summed E-state index contributed by atoms with van der Waals surface area (Å²) in [6, 6.07) is 16.4. The van der Waals surface area contributed by atoms with E-state index in [1.54, 1.807) is 19.2 Å². The van der Waals surface area contributed by atoms with Crippen LogP contribution in [0.3, 0.4) is 0 Å². The molecule has 0 aliphatic heterocycles. The van der Waals surface area contributed by atoms with E-state index in [0.29, 0.717) is 10.7 Å². The average molecular weight is 382 g/mol. The molecule has 0 bridgehead atoms. The van der Waals surface area contributed by atoms with Gasteiger partial charge < -0.3 is 15.4 Å². The molecule has 7 nitrogen and oxygen atoms in total. The predicted octanol–water partition coefficient (Wildman–Crippen LogP) is 2.66. The van der Waals surface area contributed by atoms with E-state index in [2.05, 4.69) is 20.8 Å². The van der Waals surface area contributed by atoms with Gasteiger partial charge in [-0.3, -0.25) is 9.59 Å². The fourth-order valence-corrected chi connectivity index (χ4v) is 2.96. The Morgan fingerprint density at radius 2 is 1.78 bits per heavy atom. The summed E-state index contributed by atoms with van der Waals surface area (Å²) in [6.45, 7) is 0.227. The molecule has 2 aromatic carbocycles. The largest absolute Gasteiger partial charge is 0.497 e. The highest BCUT2D eigenvalue weighted by Crippen LogP contribution is 2.14. The number of rotatable bonds is 7. The molecular formula is C19H18N4O3S. The number of benzene rings is 2. The molecule has 27 heavy (non-hydrogen) atoms. The van der Waals surface area contributed by atoms with Crippen molar-refractivity contribution in [3.05, 3.63) is 70.2 Å². The van der Waals surface area contributed by atoms with Crippen LogP contribution in [-0.2, 0) is 17.8 Å². The molecule has 0 fully saturated rings. The van der Waals surface area contributed by atoms with E-state index in [9.17, 15) is 9.59 Å². The zero-order valence-electron chi connectivity index (χ0n) is 14.6. The third-order valence-corrected chi connectivity index (χ3v) is 4.58. The first-order chi connectivity index (χ1) is 13.1. The van der Waals surface area contributed by atoms with Crippen molar-refractivity contribution in [1.82, 2.24) is 15.5 Å². The summed E-state index contributed by atoms with van der Waals surface area (Å²) in [5.74, 6) is 0.287. The molecule has 1 heterocycles. The Morgan fingerprint density at radius 1 is 1.04 bits per heavy atom. The second kappa shape index (κ2) is 8.91. The van der Waals surface area contributed by atoms with E-state index >= 15 is 0 Å². The minimum atomic E-state index is -0.325. The van der Waals surface area contributed by atoms with E-state index in [-0.39, 0.29) is 29.8 Å². The number of nitrogens with zero attached hydrogens (tertiary/aromatic N) is 2. The van der Waals surface area contributed by atoms with Crippen LogP contribution in [0.1, 0.15) is 20.4 Å². The van der Waals surface area contributed by atoms with Gasteiger partial charge in [0, 0.05) is 5.69 Å². The molecular weight excluding hydrogens is 364 g/mol. The Kier molecular flexibility index (Phi) is 6.11. The lowest BCUT2D eigenvalue weighted by Gasteiger charge is -2.04. The Bertz CT molecular complexity index is 910. The van der Waals surface area contributed by atoms with Crippen LogP contribution in [0.25, 0.3) is 0 Å². The number of ether oxygens (including phenoxy) is 1. The smallest absolute Gasteiger partial charge is 0.286 e. The van der Waals surface area contributed by atoms with Crippen molar-refractivity contribution >= 4 is 28.8 Å². The number of anilines is 1. The van der Waals surface area contributed by atoms with Crippen LogP contribution in [-0.4, -0.2) is 29.1 Å². The zero-order chi connectivity index (χ0) is 19.1. The van der Waals surface area contributed by atoms with Gasteiger partial charge in [0.1, 0.15) is 10.8 Å². The van der Waals surface area contributed by atoms with Crippen molar-refractivity contribution in [1.29, 1.82) is 0 Å². The number of nitrogens with one attached hydrogen (secondary N) is 2. The van der Waals surface area contributed by atoms with Crippen molar-refractivity contribution in [3.8, 4) is 5.75 Å². The lowest BCUT2D eigenvalue weighted by Crippen LogP contribution is -2.24. The maximum absolute atomic E-state index is 12.2. The van der Waals surface area contributed by atoms with Gasteiger partial charge in [-0.05, 0) is 29.8 Å². The number of aromatic nitrogens is 2. The van der Waals surface area contributed by atoms with E-state index in [4.69, 9.17) is 4.74 Å². The van der Waals surface area contributed by atoms with Crippen molar-refractivity contribution in [2.24, 2.45) is 0 Å². The number of para-hydroxylation sites is 1. The highest BCUT2D eigenvalue weighted by molar-refractivity contribution is 7.13. The minimum Gasteiger partial charge on any atom is -0.497 e. The van der Waals surface area contributed by atoms with Gasteiger partial charge in [0.25, 0.3) is 5.91 Å². The fraction of sp³-hybridized carbons (Fsp3) is 0.158. The van der Waals surface area contributed by atoms with Gasteiger partial charge in [-0.2, -0.15) is 0 Å². The fourth-order valence-electron chi connectivity index (χ4n) is 2.29. The van der Waals surface area contributed by atoms with Gasteiger partial charge in [0.15, 0.2) is 0 Å². The number of methoxy groups -OCH3 is 1. The topological polar surface area (TPSA) is 93.2 Å². The molecule has 0 unspecified atom stereocenters. The van der Waals surface area contributed by atoms with Crippen LogP contribution in [0.15, 0.2) is 54.6 Å². The molecule has 0 radical (unpaired) electrons. The van der Waals surface area contributed by atoms with Crippen molar-refractivity contribution in [2.45, 2.75) is 13.0 Å². The molecule has 0 aliphatic carbocycles. The molecule has 0 aliphatic rings. The van der Waals surface area contributed by atoms with Gasteiger partial charge in [-0.1, -0.05) is 41.7 Å². The van der Waals surface area contributed by atoms with Crippen LogP contribution >= 0.6 is 11.3 Å². The SMILES string of the molecule is COc1ccc(CC(=O)NCc2nnc(C(=O)Nc3ccccc3)s2)cc1. The molecule has 2 amide bonds. The molecule has 1 aromatic heterocycles. The third-order valence-electron chi connectivity index (χ3n) is 3.65. The predicted molar refractivity (Wildman–Crippen MR) is 103 cm³/mol. The third kappa shape index (κ3) is 5.35. The summed E-state index contributed by atoms with van der Waals surface area (Å²) in [5.41, 5.74) is 1.57. The number of hydrogen-bond donors (Lipinski definition) is 2. The summed E-state index contributed by atoms with van der Waals surface area (Å²) >= 11 is 1.15. The van der Waals surface area contributed by atoms with E-state index in [0.717, 1.165) is 22.6 Å². The molecule has 0 spiro atoms. The van der Waals surface area contributed by atoms with Gasteiger partial charge >= 0.3 is 0 Å². The van der Waals surface area contributed by atoms with Crippen molar-refractivity contribution in [3.63, 3.8) is 0 Å². The van der Waals surface area contributed by atoms with Gasteiger partial charge in [-0.15, -0.1) is 10.2 Å². The number of hydrogen-bond acceptors (Lipinski definition) is 6. The normalized spacial score (nSPS) is 10.3. The number of carbonyl (C=O) groups excluding carboxylic acids is 2. The van der Waals surface area contributed by atoms with Crippen LogP contribution in [0.5, 0.6) is 5.75 Å². The minimum absolute atomic E-state index is 0.134. The van der Waals surface area contributed by atoms with E-state index in [1.807, 2.05) is 42.5 Å². The standard InChI is InChI=1S/C19H18N4O3S/c1-26-15-9-7-13(8-10-15)11-16(24)20-12-17-22-23-19(27-17)18(25)21-14-5-3-2-4-6-14/h2-10H,11-12H2,1H3,(H,20,24)(H,21,25). The first-order valence-corrected chi connectivity index (χ1v) is 9.04. The van der Waals surface area contributed by atoms with E-state index in [1.165, 1.54) is 0 Å². The Balaban J connectivity index is 1.49. The second-order valence-corrected chi connectivity index (χ2v) is 6.68. The summed E-state index contributed by atoms with van der Waals surface area (Å²) in [4.78, 5) is 24.2. The lowest BCUT2D eigenvalue weighted by atomic mass is 10.1. The maximum Gasteiger partial charge on any atom is 0.286 e. The first-order valence-electron chi connectivity index (χ1n) is 8.22. The van der Waals surface area contributed by atoms with Gasteiger partial charge in [0.2, 0.25) is 10.9 Å². The van der Waals surface area contributed by atoms with E-state index < -0.39 is 0 Å². The van der Waals surface area contributed by atoms with Crippen molar-refractivity contribution < 1.29 is 14.3 Å². The van der Waals surface area contributed by atoms with Crippen molar-refractivity contribution in [2.75, 3.05) is 12.4 Å². The zero-order valence-corrected chi connectivity index (χ0v) is 15.5. The summed E-state index contributed by atoms with van der Waals surface area (Å²) in [6.07, 6.45) is 0.254. The highest BCUT2D eigenvalue weighted by Gasteiger charge is 2.13. The van der Waals surface area contributed by atoms with Gasteiger partial charge in [-0.25, -0.2) is 0 Å². The molecule has 3 aromatic rings. The Labute approximate surface area is 160 Å². The Morgan fingerprint density at radius 3 is 2.48 bits per heavy atom. The van der Waals surface area contributed by atoms with Crippen LogP contribution < -0.4 is 15.4 Å². The molecule has 0 saturated heterocycles. The first kappa shape index (κ1) is 18.5. The van der Waals surface area contributed by atoms with Gasteiger partial charge in [0.05, 0.1) is 20.1 Å². The van der Waals surface area contributed by atoms with Crippen LogP contribution in [0.2, 0.25) is 0 Å². The average Bonchev–Trinajstić information content (AvgIpc) is 3.17. The molecule has 138 valence electrons. The summed E-state index contributed by atoms with van der Waals surface area (Å²) in [5, 5.41) is 14.2. The van der Waals surface area contributed by atoms with Crippen LogP contribution in [0.4, 0.5) is 5.69 Å². The molecule has 0 atom stereocenters. The highest BCUT2D eigenvalue weighted by atomic mass is 32.1. The Hall–Kier alpha value is -3.26. The number of amides is 2. The lowest BCUT2D eigenvalue weighted by molar-refractivity contribution is -0.120. The molecule has 8 heteroatoms. The number of carbonyl (C=O) groups is 2. The quantitative estimate of drug-likeness (QED) is 0.655. The second-order valence-electron chi connectivity index (χ2n) is 5.62. The summed E-state index contributed by atoms with van der Waals surface area (Å²) in [7, 11) is 1.60. The van der Waals surface area contributed by atoms with Crippen LogP contribution in [0, 0.1) is 0 Å².